The average Bonchev–Trinajstić information content (AvgIpc) is 2.78. The molecule has 1 saturated heterocycles. The van der Waals surface area contributed by atoms with E-state index in [1.807, 2.05) is 0 Å². The Bertz CT molecular complexity index is 250. The molecule has 3 nitrogen and oxygen atoms in total. The number of piperazine rings is 1. The molecule has 1 aliphatic heterocycles. The predicted molar refractivity (Wildman–Crippen MR) is 65.0 cm³/mol. The summed E-state index contributed by atoms with van der Waals surface area (Å²) >= 11 is 0. The molecule has 0 aromatic heterocycles. The van der Waals surface area contributed by atoms with E-state index in [2.05, 4.69) is 22.8 Å². The van der Waals surface area contributed by atoms with Gasteiger partial charge in [0.15, 0.2) is 0 Å². The maximum Gasteiger partial charge on any atom is 0.0672 e. The van der Waals surface area contributed by atoms with E-state index in [0.29, 0.717) is 12.0 Å². The van der Waals surface area contributed by atoms with Gasteiger partial charge in [0.1, 0.15) is 0 Å². The molecule has 1 aliphatic carbocycles. The van der Waals surface area contributed by atoms with E-state index in [9.17, 15) is 0 Å². The van der Waals surface area contributed by atoms with Crippen molar-refractivity contribution in [3.8, 4) is 6.07 Å². The Balaban J connectivity index is 1.82. The normalized spacial score (nSPS) is 32.8. The van der Waals surface area contributed by atoms with E-state index in [1.165, 1.54) is 52.0 Å². The summed E-state index contributed by atoms with van der Waals surface area (Å²) < 4.78 is 0. The Labute approximate surface area is 99.0 Å². The van der Waals surface area contributed by atoms with Crippen LogP contribution in [0.1, 0.15) is 32.6 Å². The molecule has 2 aliphatic rings. The highest BCUT2D eigenvalue weighted by atomic mass is 15.3. The lowest BCUT2D eigenvalue weighted by Gasteiger charge is -2.38. The van der Waals surface area contributed by atoms with Crippen LogP contribution in [0.2, 0.25) is 0 Å². The number of hydrogen-bond donors (Lipinski definition) is 0. The van der Waals surface area contributed by atoms with Crippen LogP contribution in [-0.4, -0.2) is 48.6 Å². The van der Waals surface area contributed by atoms with Crippen molar-refractivity contribution in [2.24, 2.45) is 5.92 Å². The lowest BCUT2D eigenvalue weighted by Crippen LogP contribution is -2.51. The van der Waals surface area contributed by atoms with Crippen molar-refractivity contribution in [3.05, 3.63) is 0 Å². The zero-order valence-corrected chi connectivity index (χ0v) is 10.4. The molecule has 1 heterocycles. The molecule has 2 unspecified atom stereocenters. The highest BCUT2D eigenvalue weighted by molar-refractivity contribution is 4.98. The van der Waals surface area contributed by atoms with Gasteiger partial charge < -0.3 is 4.90 Å². The maximum atomic E-state index is 9.12. The van der Waals surface area contributed by atoms with Crippen molar-refractivity contribution >= 4 is 0 Å². The number of rotatable bonds is 3. The minimum atomic E-state index is 0.303. The van der Waals surface area contributed by atoms with Crippen molar-refractivity contribution in [1.29, 1.82) is 5.26 Å². The Morgan fingerprint density at radius 2 is 1.94 bits per heavy atom. The van der Waals surface area contributed by atoms with Crippen LogP contribution in [0, 0.1) is 17.2 Å². The first-order chi connectivity index (χ1) is 7.85. The van der Waals surface area contributed by atoms with Crippen LogP contribution in [0.3, 0.4) is 0 Å². The Kier molecular flexibility index (Phi) is 4.20. The summed E-state index contributed by atoms with van der Waals surface area (Å²) in [6.45, 7) is 8.21. The summed E-state index contributed by atoms with van der Waals surface area (Å²) in [5, 5.41) is 9.12. The van der Waals surface area contributed by atoms with Crippen LogP contribution in [0.25, 0.3) is 0 Å². The Morgan fingerprint density at radius 1 is 1.19 bits per heavy atom. The van der Waals surface area contributed by atoms with Gasteiger partial charge in [0, 0.05) is 32.2 Å². The van der Waals surface area contributed by atoms with Crippen LogP contribution < -0.4 is 0 Å². The molecular formula is C13H23N3. The molecule has 0 radical (unpaired) electrons. The van der Waals surface area contributed by atoms with E-state index >= 15 is 0 Å². The third kappa shape index (κ3) is 2.56. The predicted octanol–water partition coefficient (Wildman–Crippen LogP) is 1.71. The molecule has 2 atom stereocenters. The molecule has 2 rings (SSSR count). The number of nitriles is 1. The summed E-state index contributed by atoms with van der Waals surface area (Å²) in [5.74, 6) is 0.303. The largest absolute Gasteiger partial charge is 0.301 e. The topological polar surface area (TPSA) is 30.3 Å². The molecule has 1 saturated carbocycles. The SMILES string of the molecule is CCCN1CCN(C2CCCC2C#N)CC1. The van der Waals surface area contributed by atoms with E-state index in [4.69, 9.17) is 5.26 Å². The highest BCUT2D eigenvalue weighted by Crippen LogP contribution is 2.29. The van der Waals surface area contributed by atoms with Crippen LogP contribution in [-0.2, 0) is 0 Å². The van der Waals surface area contributed by atoms with Gasteiger partial charge in [0.05, 0.1) is 12.0 Å². The minimum absolute atomic E-state index is 0.303. The van der Waals surface area contributed by atoms with Crippen molar-refractivity contribution in [1.82, 2.24) is 9.80 Å². The van der Waals surface area contributed by atoms with Gasteiger partial charge in [0.2, 0.25) is 0 Å². The number of nitrogens with zero attached hydrogens (tertiary/aromatic N) is 3. The Hall–Kier alpha value is -0.590. The van der Waals surface area contributed by atoms with E-state index in [1.54, 1.807) is 0 Å². The number of hydrogen-bond acceptors (Lipinski definition) is 3. The van der Waals surface area contributed by atoms with E-state index < -0.39 is 0 Å². The van der Waals surface area contributed by atoms with Crippen molar-refractivity contribution < 1.29 is 0 Å². The van der Waals surface area contributed by atoms with Gasteiger partial charge in [0.25, 0.3) is 0 Å². The second-order valence-corrected chi connectivity index (χ2v) is 5.11. The van der Waals surface area contributed by atoms with Gasteiger partial charge in [-0.2, -0.15) is 5.26 Å². The summed E-state index contributed by atoms with van der Waals surface area (Å²) in [5.41, 5.74) is 0. The monoisotopic (exact) mass is 221 g/mol. The first-order valence-electron chi connectivity index (χ1n) is 6.71. The zero-order chi connectivity index (χ0) is 11.4. The third-order valence-electron chi connectivity index (χ3n) is 4.06. The van der Waals surface area contributed by atoms with Gasteiger partial charge in [-0.05, 0) is 25.8 Å². The molecule has 0 aromatic rings. The molecule has 0 N–H and O–H groups in total. The fraction of sp³-hybridized carbons (Fsp3) is 0.923. The average molecular weight is 221 g/mol. The van der Waals surface area contributed by atoms with Gasteiger partial charge in [-0.15, -0.1) is 0 Å². The van der Waals surface area contributed by atoms with Gasteiger partial charge in [-0.3, -0.25) is 4.90 Å². The quantitative estimate of drug-likeness (QED) is 0.727. The fourth-order valence-electron chi connectivity index (χ4n) is 3.16. The molecule has 0 spiro atoms. The van der Waals surface area contributed by atoms with Gasteiger partial charge in [-0.1, -0.05) is 13.3 Å². The highest BCUT2D eigenvalue weighted by Gasteiger charge is 2.33. The second kappa shape index (κ2) is 5.65. The minimum Gasteiger partial charge on any atom is -0.301 e. The van der Waals surface area contributed by atoms with Crippen molar-refractivity contribution in [2.75, 3.05) is 32.7 Å². The lowest BCUT2D eigenvalue weighted by atomic mass is 10.0. The van der Waals surface area contributed by atoms with Crippen LogP contribution in [0.4, 0.5) is 0 Å². The summed E-state index contributed by atoms with van der Waals surface area (Å²) in [4.78, 5) is 5.11. The van der Waals surface area contributed by atoms with E-state index in [0.717, 1.165) is 6.42 Å². The molecule has 0 bridgehead atoms. The molecule has 3 heteroatoms. The molecule has 0 aromatic carbocycles. The molecule has 90 valence electrons. The first-order valence-corrected chi connectivity index (χ1v) is 6.71. The van der Waals surface area contributed by atoms with Gasteiger partial charge >= 0.3 is 0 Å². The van der Waals surface area contributed by atoms with Crippen molar-refractivity contribution in [3.63, 3.8) is 0 Å². The summed E-state index contributed by atoms with van der Waals surface area (Å²) in [6.07, 6.45) is 4.87. The summed E-state index contributed by atoms with van der Waals surface area (Å²) in [6, 6.07) is 3.06. The standard InChI is InChI=1S/C13H23N3/c1-2-6-15-7-9-16(10-8-15)13-5-3-4-12(13)11-14/h12-13H,2-10H2,1H3. The molecular weight excluding hydrogens is 198 g/mol. The molecule has 0 amide bonds. The smallest absolute Gasteiger partial charge is 0.0672 e. The Morgan fingerprint density at radius 3 is 2.56 bits per heavy atom. The van der Waals surface area contributed by atoms with Gasteiger partial charge in [-0.25, -0.2) is 0 Å². The third-order valence-corrected chi connectivity index (χ3v) is 4.06. The molecule has 16 heavy (non-hydrogen) atoms. The first kappa shape index (κ1) is 11.9. The van der Waals surface area contributed by atoms with Crippen LogP contribution >= 0.6 is 0 Å². The lowest BCUT2D eigenvalue weighted by molar-refractivity contribution is 0.0882. The molecule has 2 fully saturated rings. The zero-order valence-electron chi connectivity index (χ0n) is 10.4. The van der Waals surface area contributed by atoms with Crippen LogP contribution in [0.15, 0.2) is 0 Å². The van der Waals surface area contributed by atoms with Crippen LogP contribution in [0.5, 0.6) is 0 Å². The van der Waals surface area contributed by atoms with E-state index in [-0.39, 0.29) is 0 Å². The summed E-state index contributed by atoms with van der Waals surface area (Å²) in [7, 11) is 0. The maximum absolute atomic E-state index is 9.12. The second-order valence-electron chi connectivity index (χ2n) is 5.11. The van der Waals surface area contributed by atoms with Crippen molar-refractivity contribution in [2.45, 2.75) is 38.6 Å². The fourth-order valence-corrected chi connectivity index (χ4v) is 3.16.